The van der Waals surface area contributed by atoms with Crippen molar-refractivity contribution in [2.75, 3.05) is 6.61 Å². The third-order valence-electron chi connectivity index (χ3n) is 3.18. The maximum absolute atomic E-state index is 6.07. The second kappa shape index (κ2) is 5.17. The molecule has 0 radical (unpaired) electrons. The molecule has 1 fully saturated rings. The highest BCUT2D eigenvalue weighted by Gasteiger charge is 2.52. The predicted octanol–water partition coefficient (Wildman–Crippen LogP) is 3.98. The van der Waals surface area contributed by atoms with Crippen LogP contribution in [0.15, 0.2) is 12.3 Å². The van der Waals surface area contributed by atoms with Gasteiger partial charge in [0.15, 0.2) is 0 Å². The first-order valence-corrected chi connectivity index (χ1v) is 7.98. The lowest BCUT2D eigenvalue weighted by molar-refractivity contribution is 0.179. The standard InChI is InChI=1S/C12H24O2Si/c1-6-13-15(11(4)5,14-10(2)3)12-8-7-9-12/h11-12H,2,6-9H2,1,3-5H3. The molecule has 1 saturated carbocycles. The van der Waals surface area contributed by atoms with Crippen molar-refractivity contribution in [1.82, 2.24) is 0 Å². The monoisotopic (exact) mass is 228 g/mol. The number of rotatable bonds is 6. The van der Waals surface area contributed by atoms with Crippen LogP contribution in [0.4, 0.5) is 0 Å². The largest absolute Gasteiger partial charge is 0.524 e. The Labute approximate surface area is 94.9 Å². The average Bonchev–Trinajstić information content (AvgIpc) is 1.99. The van der Waals surface area contributed by atoms with Crippen LogP contribution in [-0.2, 0) is 8.85 Å². The van der Waals surface area contributed by atoms with E-state index in [1.807, 2.05) is 6.92 Å². The van der Waals surface area contributed by atoms with Gasteiger partial charge in [-0.15, -0.1) is 0 Å². The number of hydrogen-bond donors (Lipinski definition) is 0. The van der Waals surface area contributed by atoms with Crippen LogP contribution in [0, 0.1) is 0 Å². The molecule has 1 aliphatic rings. The van der Waals surface area contributed by atoms with Crippen LogP contribution in [0.2, 0.25) is 11.1 Å². The molecule has 0 heterocycles. The summed E-state index contributed by atoms with van der Waals surface area (Å²) in [6, 6.07) is 0. The molecule has 88 valence electrons. The molecule has 0 bridgehead atoms. The molecule has 15 heavy (non-hydrogen) atoms. The molecule has 0 aromatic rings. The Kier molecular flexibility index (Phi) is 4.41. The van der Waals surface area contributed by atoms with E-state index in [1.54, 1.807) is 0 Å². The first kappa shape index (κ1) is 12.8. The molecule has 1 atom stereocenters. The molecule has 3 heteroatoms. The highest BCUT2D eigenvalue weighted by molar-refractivity contribution is 6.70. The normalized spacial score (nSPS) is 20.9. The Hall–Kier alpha value is -0.283. The third kappa shape index (κ3) is 2.64. The summed E-state index contributed by atoms with van der Waals surface area (Å²) in [5.74, 6) is 0.815. The SMILES string of the molecule is C=C(C)O[Si](OCC)(C(C)C)C1CCC1. The molecule has 0 aromatic heterocycles. The zero-order chi connectivity index (χ0) is 11.5. The Morgan fingerprint density at radius 3 is 2.33 bits per heavy atom. The van der Waals surface area contributed by atoms with Crippen LogP contribution in [0.1, 0.15) is 47.0 Å². The Bertz CT molecular complexity index is 224. The van der Waals surface area contributed by atoms with Gasteiger partial charge >= 0.3 is 8.56 Å². The van der Waals surface area contributed by atoms with Gasteiger partial charge in [-0.25, -0.2) is 0 Å². The Balaban J connectivity index is 2.81. The lowest BCUT2D eigenvalue weighted by Gasteiger charge is -2.44. The fraction of sp³-hybridized carbons (Fsp3) is 0.833. The predicted molar refractivity (Wildman–Crippen MR) is 66.0 cm³/mol. The second-order valence-electron chi connectivity index (χ2n) is 4.74. The molecule has 1 unspecified atom stereocenters. The molecular weight excluding hydrogens is 204 g/mol. The minimum atomic E-state index is -2.05. The Morgan fingerprint density at radius 2 is 2.07 bits per heavy atom. The second-order valence-corrected chi connectivity index (χ2v) is 8.65. The highest BCUT2D eigenvalue weighted by atomic mass is 28.4. The molecular formula is C12H24O2Si. The van der Waals surface area contributed by atoms with E-state index in [-0.39, 0.29) is 0 Å². The van der Waals surface area contributed by atoms with Crippen molar-refractivity contribution in [3.8, 4) is 0 Å². The van der Waals surface area contributed by atoms with E-state index in [1.165, 1.54) is 19.3 Å². The van der Waals surface area contributed by atoms with E-state index in [0.717, 1.165) is 12.4 Å². The van der Waals surface area contributed by atoms with E-state index >= 15 is 0 Å². The van der Waals surface area contributed by atoms with Gasteiger partial charge in [0.1, 0.15) is 0 Å². The van der Waals surface area contributed by atoms with E-state index in [4.69, 9.17) is 8.85 Å². The molecule has 2 nitrogen and oxygen atoms in total. The summed E-state index contributed by atoms with van der Waals surface area (Å²) in [6.07, 6.45) is 3.88. The van der Waals surface area contributed by atoms with E-state index in [9.17, 15) is 0 Å². The van der Waals surface area contributed by atoms with Crippen molar-refractivity contribution < 1.29 is 8.85 Å². The lowest BCUT2D eigenvalue weighted by Crippen LogP contribution is -2.51. The minimum absolute atomic E-state index is 0.499. The van der Waals surface area contributed by atoms with Crippen molar-refractivity contribution in [2.45, 2.75) is 58.0 Å². The molecule has 0 spiro atoms. The van der Waals surface area contributed by atoms with Crippen molar-refractivity contribution in [2.24, 2.45) is 0 Å². The average molecular weight is 228 g/mol. The molecule has 0 saturated heterocycles. The quantitative estimate of drug-likeness (QED) is 0.506. The summed E-state index contributed by atoms with van der Waals surface area (Å²) in [5.41, 5.74) is 1.17. The maximum Gasteiger partial charge on any atom is 0.404 e. The molecule has 0 N–H and O–H groups in total. The fourth-order valence-corrected chi connectivity index (χ4v) is 6.48. The summed E-state index contributed by atoms with van der Waals surface area (Å²) in [5, 5.41) is 0. The fourth-order valence-electron chi connectivity index (χ4n) is 2.30. The first-order chi connectivity index (χ1) is 7.03. The third-order valence-corrected chi connectivity index (χ3v) is 7.91. The van der Waals surface area contributed by atoms with Crippen LogP contribution in [0.25, 0.3) is 0 Å². The van der Waals surface area contributed by atoms with Gasteiger partial charge in [0.2, 0.25) is 0 Å². The molecule has 0 amide bonds. The van der Waals surface area contributed by atoms with E-state index < -0.39 is 8.56 Å². The van der Waals surface area contributed by atoms with Crippen molar-refractivity contribution >= 4 is 8.56 Å². The van der Waals surface area contributed by atoms with Crippen LogP contribution in [0.3, 0.4) is 0 Å². The molecule has 0 aliphatic heterocycles. The van der Waals surface area contributed by atoms with Gasteiger partial charge in [0.25, 0.3) is 0 Å². The van der Waals surface area contributed by atoms with Gasteiger partial charge in [-0.1, -0.05) is 26.8 Å². The van der Waals surface area contributed by atoms with Crippen molar-refractivity contribution in [1.29, 1.82) is 0 Å². The summed E-state index contributed by atoms with van der Waals surface area (Å²) in [6.45, 7) is 13.1. The molecule has 1 aliphatic carbocycles. The highest BCUT2D eigenvalue weighted by Crippen LogP contribution is 2.47. The van der Waals surface area contributed by atoms with Gasteiger partial charge in [0.05, 0.1) is 5.76 Å². The molecule has 1 rings (SSSR count). The Morgan fingerprint density at radius 1 is 1.47 bits per heavy atom. The van der Waals surface area contributed by atoms with Gasteiger partial charge in [-0.05, 0) is 26.7 Å². The van der Waals surface area contributed by atoms with Crippen molar-refractivity contribution in [3.63, 3.8) is 0 Å². The topological polar surface area (TPSA) is 18.5 Å². The zero-order valence-corrected chi connectivity index (χ0v) is 11.5. The van der Waals surface area contributed by atoms with Crippen LogP contribution in [-0.4, -0.2) is 15.2 Å². The van der Waals surface area contributed by atoms with Crippen LogP contribution in [0.5, 0.6) is 0 Å². The summed E-state index contributed by atoms with van der Waals surface area (Å²) in [4.78, 5) is 0. The maximum atomic E-state index is 6.07. The van der Waals surface area contributed by atoms with Gasteiger partial charge in [0, 0.05) is 17.7 Å². The first-order valence-electron chi connectivity index (χ1n) is 6.01. The number of hydrogen-bond acceptors (Lipinski definition) is 2. The summed E-state index contributed by atoms with van der Waals surface area (Å²) < 4.78 is 12.1. The number of allylic oxidation sites excluding steroid dienone is 1. The van der Waals surface area contributed by atoms with Gasteiger partial charge < -0.3 is 8.85 Å². The summed E-state index contributed by atoms with van der Waals surface area (Å²) >= 11 is 0. The van der Waals surface area contributed by atoms with Crippen LogP contribution >= 0.6 is 0 Å². The zero-order valence-electron chi connectivity index (χ0n) is 10.5. The smallest absolute Gasteiger partial charge is 0.404 e. The lowest BCUT2D eigenvalue weighted by atomic mass is 10.00. The summed E-state index contributed by atoms with van der Waals surface area (Å²) in [7, 11) is -2.05. The van der Waals surface area contributed by atoms with Gasteiger partial charge in [-0.2, -0.15) is 0 Å². The molecule has 0 aromatic carbocycles. The van der Waals surface area contributed by atoms with Crippen molar-refractivity contribution in [3.05, 3.63) is 12.3 Å². The minimum Gasteiger partial charge on any atom is -0.524 e. The van der Waals surface area contributed by atoms with Gasteiger partial charge in [-0.3, -0.25) is 0 Å². The van der Waals surface area contributed by atoms with Crippen LogP contribution < -0.4 is 0 Å². The van der Waals surface area contributed by atoms with E-state index in [2.05, 4.69) is 27.4 Å². The van der Waals surface area contributed by atoms with E-state index in [0.29, 0.717) is 11.1 Å².